The number of amides is 1. The van der Waals surface area contributed by atoms with Crippen LogP contribution in [0.5, 0.6) is 0 Å². The molecule has 4 saturated carbocycles. The van der Waals surface area contributed by atoms with Crippen LogP contribution in [0.25, 0.3) is 0 Å². The Morgan fingerprint density at radius 2 is 1.61 bits per heavy atom. The van der Waals surface area contributed by atoms with Gasteiger partial charge in [-0.2, -0.15) is 0 Å². The summed E-state index contributed by atoms with van der Waals surface area (Å²) in [6.07, 6.45) is 18.4. The van der Waals surface area contributed by atoms with Gasteiger partial charge in [-0.1, -0.05) is 58.9 Å². The van der Waals surface area contributed by atoms with Gasteiger partial charge in [-0.15, -0.1) is 0 Å². The minimum Gasteiger partial charge on any atom is -0.481 e. The normalized spacial score (nSPS) is 43.5. The highest BCUT2D eigenvalue weighted by atomic mass is 32.2. The first-order valence-corrected chi connectivity index (χ1v) is 23.2. The number of carbonyl (C=O) groups is 2. The number of halogens is 1. The van der Waals surface area contributed by atoms with Gasteiger partial charge in [-0.05, 0) is 159 Å². The Kier molecular flexibility index (Phi) is 10.1. The fourth-order valence-electron chi connectivity index (χ4n) is 15.0. The quantitative estimate of drug-likeness (QED) is 0.240. The molecule has 1 heterocycles. The maximum Gasteiger partial charge on any atom is 0.312 e. The first-order valence-electron chi connectivity index (χ1n) is 21.3. The van der Waals surface area contributed by atoms with Gasteiger partial charge in [-0.3, -0.25) is 9.59 Å². The van der Waals surface area contributed by atoms with Crippen molar-refractivity contribution in [2.45, 2.75) is 142 Å². The number of carboxylic acids is 1. The summed E-state index contributed by atoms with van der Waals surface area (Å²) in [5, 5.41) is 13.4. The van der Waals surface area contributed by atoms with Crippen LogP contribution in [0.1, 0.15) is 131 Å². The summed E-state index contributed by atoms with van der Waals surface area (Å²) in [7, 11) is -3.09. The summed E-state index contributed by atoms with van der Waals surface area (Å²) in [5.74, 6) is 1.62. The number of carboxylic acid groups (broad SMARTS) is 1. The highest BCUT2D eigenvalue weighted by molar-refractivity contribution is 7.91. The number of hydrogen-bond acceptors (Lipinski definition) is 5. The number of likely N-dealkylation sites (tertiary alicyclic amines) is 1. The lowest BCUT2D eigenvalue weighted by molar-refractivity contribution is -0.221. The van der Waals surface area contributed by atoms with Crippen molar-refractivity contribution in [3.05, 3.63) is 35.5 Å². The van der Waals surface area contributed by atoms with Crippen molar-refractivity contribution in [2.24, 2.45) is 56.7 Å². The number of allylic oxidation sites excluding steroid dienone is 5. The number of fused-ring (bicyclic) bond motifs is 7. The van der Waals surface area contributed by atoms with Crippen molar-refractivity contribution >= 4 is 21.7 Å². The summed E-state index contributed by atoms with van der Waals surface area (Å²) >= 11 is 0. The molecule has 7 nitrogen and oxygen atoms in total. The molecule has 1 saturated heterocycles. The van der Waals surface area contributed by atoms with Gasteiger partial charge in [0.2, 0.25) is 5.91 Å². The van der Waals surface area contributed by atoms with E-state index in [0.29, 0.717) is 74.9 Å². The van der Waals surface area contributed by atoms with Crippen LogP contribution >= 0.6 is 0 Å². The number of rotatable bonds is 8. The number of carbonyl (C=O) groups excluding carboxylic acids is 1. The lowest BCUT2D eigenvalue weighted by Gasteiger charge is -2.72. The number of nitrogens with one attached hydrogen (secondary N) is 1. The van der Waals surface area contributed by atoms with Gasteiger partial charge in [0.25, 0.3) is 0 Å². The first kappa shape index (κ1) is 40.2. The molecule has 0 aromatic rings. The van der Waals surface area contributed by atoms with E-state index >= 15 is 0 Å². The largest absolute Gasteiger partial charge is 0.481 e. The Morgan fingerprint density at radius 3 is 2.20 bits per heavy atom. The molecule has 1 aliphatic heterocycles. The summed E-state index contributed by atoms with van der Waals surface area (Å²) < 4.78 is 38.3. The summed E-state index contributed by atoms with van der Waals surface area (Å²) in [6.45, 7) is 20.0. The number of hydrogen-bond donors (Lipinski definition) is 2. The third kappa shape index (κ3) is 5.95. The lowest BCUT2D eigenvalue weighted by atomic mass is 9.33. The maximum atomic E-state index is 14.0. The average molecular weight is 769 g/mol. The molecule has 302 valence electrons. The highest BCUT2D eigenvalue weighted by Gasteiger charge is 2.70. The van der Waals surface area contributed by atoms with Crippen LogP contribution in [-0.4, -0.2) is 73.7 Å². The van der Waals surface area contributed by atoms with Crippen LogP contribution in [-0.2, 0) is 19.4 Å². The number of alkyl halides is 1. The zero-order valence-corrected chi connectivity index (χ0v) is 35.2. The Balaban J connectivity index is 1.12. The molecule has 2 N–H and O–H groups in total. The van der Waals surface area contributed by atoms with Gasteiger partial charge in [0.05, 0.1) is 17.2 Å². The van der Waals surface area contributed by atoms with Crippen LogP contribution < -0.4 is 5.32 Å². The smallest absolute Gasteiger partial charge is 0.312 e. The second-order valence-corrected chi connectivity index (χ2v) is 23.1. The van der Waals surface area contributed by atoms with Gasteiger partial charge in [0.1, 0.15) is 16.5 Å². The van der Waals surface area contributed by atoms with E-state index < -0.39 is 27.9 Å². The molecule has 5 fully saturated rings. The molecule has 7 rings (SSSR count). The Morgan fingerprint density at radius 1 is 0.907 bits per heavy atom. The molecule has 1 amide bonds. The predicted molar refractivity (Wildman–Crippen MR) is 213 cm³/mol. The number of sulfone groups is 1. The third-order valence-electron chi connectivity index (χ3n) is 18.3. The van der Waals surface area contributed by atoms with Crippen molar-refractivity contribution in [3.8, 4) is 0 Å². The van der Waals surface area contributed by atoms with Crippen molar-refractivity contribution in [1.29, 1.82) is 0 Å². The molecule has 0 aromatic carbocycles. The molecule has 54 heavy (non-hydrogen) atoms. The summed E-state index contributed by atoms with van der Waals surface area (Å²) in [4.78, 5) is 27.5. The van der Waals surface area contributed by atoms with Crippen LogP contribution in [0.4, 0.5) is 4.39 Å². The van der Waals surface area contributed by atoms with E-state index in [1.165, 1.54) is 48.7 Å². The van der Waals surface area contributed by atoms with Crippen LogP contribution in [0.15, 0.2) is 35.5 Å². The zero-order valence-electron chi connectivity index (χ0n) is 34.4. The van der Waals surface area contributed by atoms with Gasteiger partial charge >= 0.3 is 5.97 Å². The maximum absolute atomic E-state index is 14.0. The number of aliphatic carboxylic acids is 1. The number of nitrogens with zero attached hydrogens (tertiary/aromatic N) is 1. The molecule has 0 spiro atoms. The molecule has 0 bridgehead atoms. The second-order valence-electron chi connectivity index (χ2n) is 20.8. The standard InChI is InChI=1S/C45H69FN2O5S/c1-29(2)32-13-22-45(47-27-37(49)48-25-16-31(17-26-48)54(8,52)53)24-23-42(6)34(38(32)45)9-10-36-41(5)18-14-33(40(3,4)35(41)15-19-43(36,42)7)30-11-20-44(28-46,21-12-30)39(50)51/h11,14,31-32,34-36,38,47H,1,9-10,12-13,15-28H2,2-8H3,(H,50,51). The highest BCUT2D eigenvalue weighted by Crippen LogP contribution is 2.76. The van der Waals surface area contributed by atoms with E-state index in [0.717, 1.165) is 32.1 Å². The molecule has 0 radical (unpaired) electrons. The van der Waals surface area contributed by atoms with Gasteiger partial charge in [0.15, 0.2) is 0 Å². The van der Waals surface area contributed by atoms with Gasteiger partial charge in [0, 0.05) is 24.9 Å². The molecule has 10 unspecified atom stereocenters. The molecular weight excluding hydrogens is 700 g/mol. The minimum atomic E-state index is -3.09. The molecule has 6 aliphatic carbocycles. The first-order chi connectivity index (χ1) is 25.2. The van der Waals surface area contributed by atoms with Crippen LogP contribution in [0.2, 0.25) is 0 Å². The van der Waals surface area contributed by atoms with E-state index in [4.69, 9.17) is 0 Å². The van der Waals surface area contributed by atoms with E-state index in [2.05, 4.69) is 65.6 Å². The average Bonchev–Trinajstić information content (AvgIpc) is 3.51. The monoisotopic (exact) mass is 768 g/mol. The second kappa shape index (κ2) is 13.6. The van der Waals surface area contributed by atoms with Gasteiger partial charge < -0.3 is 15.3 Å². The van der Waals surface area contributed by atoms with Crippen molar-refractivity contribution in [3.63, 3.8) is 0 Å². The Bertz CT molecular complexity index is 1730. The molecular formula is C45H69FN2O5S. The number of piperidine rings is 1. The fraction of sp³-hybridized carbons (Fsp3) is 0.822. The van der Waals surface area contributed by atoms with Gasteiger partial charge in [-0.25, -0.2) is 12.8 Å². The molecule has 9 heteroatoms. The molecule has 10 atom stereocenters. The minimum absolute atomic E-state index is 0.0500. The Labute approximate surface area is 325 Å². The Hall–Kier alpha value is -2.00. The SMILES string of the molecule is C=C(C)C1CCC2(NCC(=O)N3CCC(S(C)(=O)=O)CC3)CCC3(C)C(CCC4C5(C)CC=C(C6=CCC(CF)(C(=O)O)CC6)C(C)(C)C5CCC43C)C12. The lowest BCUT2D eigenvalue weighted by Crippen LogP contribution is -2.68. The van der Waals surface area contributed by atoms with E-state index in [1.54, 1.807) is 0 Å². The van der Waals surface area contributed by atoms with E-state index in [-0.39, 0.29) is 44.8 Å². The van der Waals surface area contributed by atoms with Crippen molar-refractivity contribution in [1.82, 2.24) is 10.2 Å². The van der Waals surface area contributed by atoms with Crippen LogP contribution in [0, 0.1) is 56.7 Å². The zero-order chi connectivity index (χ0) is 39.3. The van der Waals surface area contributed by atoms with Crippen molar-refractivity contribution in [2.75, 3.05) is 32.6 Å². The molecule has 7 aliphatic rings. The summed E-state index contributed by atoms with van der Waals surface area (Å²) in [6, 6.07) is 0. The fourth-order valence-corrected chi connectivity index (χ4v) is 16.1. The van der Waals surface area contributed by atoms with E-state index in [9.17, 15) is 27.5 Å². The third-order valence-corrected chi connectivity index (χ3v) is 20.0. The van der Waals surface area contributed by atoms with E-state index in [1.807, 2.05) is 4.90 Å². The molecule has 0 aromatic heterocycles. The van der Waals surface area contributed by atoms with Crippen molar-refractivity contribution < 1.29 is 27.5 Å². The van der Waals surface area contributed by atoms with Crippen LogP contribution in [0.3, 0.4) is 0 Å². The summed E-state index contributed by atoms with van der Waals surface area (Å²) in [5.41, 5.74) is 3.00. The predicted octanol–water partition coefficient (Wildman–Crippen LogP) is 8.71. The topological polar surface area (TPSA) is 104 Å².